The van der Waals surface area contributed by atoms with Crippen molar-refractivity contribution in [1.82, 2.24) is 5.32 Å². The van der Waals surface area contributed by atoms with Gasteiger partial charge >= 0.3 is 0 Å². The number of para-hydroxylation sites is 2. The SMILES string of the molecule is O=C1NC(=S)N(c2ccc(Oc3ccccc3)cc2)C(=O)C1=Cc1sccc1Oc1ccccc1. The number of hydrogen-bond donors (Lipinski definition) is 1. The Morgan fingerprint density at radius 2 is 1.37 bits per heavy atom. The second kappa shape index (κ2) is 9.92. The Labute approximate surface area is 211 Å². The summed E-state index contributed by atoms with van der Waals surface area (Å²) in [4.78, 5) is 28.0. The number of carbonyl (C=O) groups excluding carboxylic acids is 2. The van der Waals surface area contributed by atoms with Crippen LogP contribution in [0.5, 0.6) is 23.0 Å². The van der Waals surface area contributed by atoms with Crippen LogP contribution in [-0.2, 0) is 9.59 Å². The zero-order valence-corrected chi connectivity index (χ0v) is 19.8. The number of thiophene rings is 1. The summed E-state index contributed by atoms with van der Waals surface area (Å²) in [6.45, 7) is 0. The van der Waals surface area contributed by atoms with Gasteiger partial charge in [-0.15, -0.1) is 11.3 Å². The Hall–Kier alpha value is -4.27. The van der Waals surface area contributed by atoms with Crippen molar-refractivity contribution in [3.63, 3.8) is 0 Å². The molecule has 0 aliphatic carbocycles. The minimum absolute atomic E-state index is 0.0146. The fourth-order valence-electron chi connectivity index (χ4n) is 3.43. The highest BCUT2D eigenvalue weighted by Gasteiger charge is 2.34. The van der Waals surface area contributed by atoms with Gasteiger partial charge in [-0.05, 0) is 78.3 Å². The molecule has 4 aromatic rings. The minimum atomic E-state index is -0.556. The average Bonchev–Trinajstić information content (AvgIpc) is 3.30. The fraction of sp³-hybridized carbons (Fsp3) is 0. The molecule has 1 aromatic heterocycles. The van der Waals surface area contributed by atoms with E-state index in [-0.39, 0.29) is 10.7 Å². The van der Waals surface area contributed by atoms with Crippen molar-refractivity contribution >= 4 is 52.2 Å². The van der Waals surface area contributed by atoms with Gasteiger partial charge in [-0.2, -0.15) is 0 Å². The first-order chi connectivity index (χ1) is 17.1. The molecular formula is C27H18N2O4S2. The smallest absolute Gasteiger partial charge is 0.270 e. The summed E-state index contributed by atoms with van der Waals surface area (Å²) in [7, 11) is 0. The van der Waals surface area contributed by atoms with Gasteiger partial charge in [-0.25, -0.2) is 0 Å². The van der Waals surface area contributed by atoms with Gasteiger partial charge in [0.2, 0.25) is 0 Å². The van der Waals surface area contributed by atoms with Gasteiger partial charge in [0.25, 0.3) is 11.8 Å². The summed E-state index contributed by atoms with van der Waals surface area (Å²) in [6, 6.07) is 27.4. The number of anilines is 1. The van der Waals surface area contributed by atoms with E-state index in [1.54, 1.807) is 30.3 Å². The number of benzene rings is 3. The van der Waals surface area contributed by atoms with E-state index in [4.69, 9.17) is 21.7 Å². The predicted molar refractivity (Wildman–Crippen MR) is 140 cm³/mol. The number of nitrogens with one attached hydrogen (secondary N) is 1. The molecule has 0 bridgehead atoms. The van der Waals surface area contributed by atoms with E-state index >= 15 is 0 Å². The summed E-state index contributed by atoms with van der Waals surface area (Å²) in [5, 5.41) is 4.46. The summed E-state index contributed by atoms with van der Waals surface area (Å²) < 4.78 is 11.7. The van der Waals surface area contributed by atoms with Crippen molar-refractivity contribution in [3.8, 4) is 23.0 Å². The van der Waals surface area contributed by atoms with Crippen LogP contribution in [0.2, 0.25) is 0 Å². The molecule has 1 fully saturated rings. The maximum Gasteiger partial charge on any atom is 0.270 e. The van der Waals surface area contributed by atoms with E-state index in [0.29, 0.717) is 33.6 Å². The Kier molecular flexibility index (Phi) is 6.38. The van der Waals surface area contributed by atoms with Crippen molar-refractivity contribution in [2.75, 3.05) is 4.90 Å². The molecule has 2 heterocycles. The van der Waals surface area contributed by atoms with Crippen LogP contribution in [0.1, 0.15) is 4.88 Å². The Morgan fingerprint density at radius 3 is 2.03 bits per heavy atom. The standard InChI is InChI=1S/C27H18N2O4S2/c30-25-22(17-24-23(15-16-35-24)33-20-9-5-2-6-10-20)26(31)29(27(34)28-25)18-11-13-21(14-12-18)32-19-7-3-1-4-8-19/h1-17H,(H,28,30,34). The zero-order valence-electron chi connectivity index (χ0n) is 18.2. The van der Waals surface area contributed by atoms with Gasteiger partial charge < -0.3 is 9.47 Å². The summed E-state index contributed by atoms with van der Waals surface area (Å²) in [5.74, 6) is 1.44. The lowest BCUT2D eigenvalue weighted by atomic mass is 10.1. The van der Waals surface area contributed by atoms with E-state index in [0.717, 1.165) is 0 Å². The van der Waals surface area contributed by atoms with E-state index in [1.807, 2.05) is 66.0 Å². The third-order valence-corrected chi connectivity index (χ3v) is 6.21. The zero-order chi connectivity index (χ0) is 24.2. The first-order valence-corrected chi connectivity index (χ1v) is 11.9. The molecule has 2 amide bonds. The second-order valence-corrected chi connectivity index (χ2v) is 8.77. The summed E-state index contributed by atoms with van der Waals surface area (Å²) >= 11 is 6.67. The van der Waals surface area contributed by atoms with Crippen molar-refractivity contribution in [2.45, 2.75) is 0 Å². The molecule has 0 atom stereocenters. The molecule has 35 heavy (non-hydrogen) atoms. The number of ether oxygens (including phenoxy) is 2. The van der Waals surface area contributed by atoms with Crippen molar-refractivity contribution in [2.24, 2.45) is 0 Å². The van der Waals surface area contributed by atoms with Crippen molar-refractivity contribution in [1.29, 1.82) is 0 Å². The lowest BCUT2D eigenvalue weighted by Gasteiger charge is -2.29. The van der Waals surface area contributed by atoms with E-state index in [9.17, 15) is 9.59 Å². The predicted octanol–water partition coefficient (Wildman–Crippen LogP) is 6.16. The number of hydrogen-bond acceptors (Lipinski definition) is 6. The monoisotopic (exact) mass is 498 g/mol. The molecule has 1 aliphatic heterocycles. The highest BCUT2D eigenvalue weighted by molar-refractivity contribution is 7.80. The molecule has 1 aliphatic rings. The van der Waals surface area contributed by atoms with Crippen LogP contribution < -0.4 is 19.7 Å². The van der Waals surface area contributed by atoms with Crippen LogP contribution in [0.4, 0.5) is 5.69 Å². The lowest BCUT2D eigenvalue weighted by Crippen LogP contribution is -2.54. The maximum absolute atomic E-state index is 13.4. The second-order valence-electron chi connectivity index (χ2n) is 7.43. The van der Waals surface area contributed by atoms with E-state index in [1.165, 1.54) is 22.3 Å². The van der Waals surface area contributed by atoms with Crippen LogP contribution in [0.25, 0.3) is 6.08 Å². The number of amides is 2. The van der Waals surface area contributed by atoms with Crippen molar-refractivity contribution < 1.29 is 19.1 Å². The molecule has 0 spiro atoms. The first kappa shape index (κ1) is 22.5. The van der Waals surface area contributed by atoms with Crippen LogP contribution in [-0.4, -0.2) is 16.9 Å². The van der Waals surface area contributed by atoms with Crippen LogP contribution in [0.3, 0.4) is 0 Å². The van der Waals surface area contributed by atoms with Gasteiger partial charge in [-0.1, -0.05) is 36.4 Å². The molecule has 6 nitrogen and oxygen atoms in total. The van der Waals surface area contributed by atoms with Crippen LogP contribution in [0.15, 0.2) is 102 Å². The Balaban J connectivity index is 1.39. The molecular weight excluding hydrogens is 480 g/mol. The molecule has 0 unspecified atom stereocenters. The maximum atomic E-state index is 13.4. The molecule has 3 aromatic carbocycles. The van der Waals surface area contributed by atoms with Gasteiger partial charge in [0.15, 0.2) is 5.11 Å². The highest BCUT2D eigenvalue weighted by atomic mass is 32.1. The summed E-state index contributed by atoms with van der Waals surface area (Å²) in [5.41, 5.74) is 0.474. The van der Waals surface area contributed by atoms with Gasteiger partial charge in [0, 0.05) is 0 Å². The molecule has 1 saturated heterocycles. The quantitative estimate of drug-likeness (QED) is 0.196. The largest absolute Gasteiger partial charge is 0.457 e. The van der Waals surface area contributed by atoms with Gasteiger partial charge in [0.1, 0.15) is 28.6 Å². The number of rotatable bonds is 6. The van der Waals surface area contributed by atoms with E-state index in [2.05, 4.69) is 5.32 Å². The molecule has 172 valence electrons. The fourth-order valence-corrected chi connectivity index (χ4v) is 4.46. The molecule has 5 rings (SSSR count). The Bertz CT molecular complexity index is 1410. The number of thiocarbonyl (C=S) groups is 1. The third-order valence-electron chi connectivity index (χ3n) is 5.08. The van der Waals surface area contributed by atoms with E-state index < -0.39 is 11.8 Å². The van der Waals surface area contributed by atoms with Gasteiger partial charge in [0.05, 0.1) is 10.6 Å². The molecule has 8 heteroatoms. The third kappa shape index (κ3) is 4.98. The molecule has 0 saturated carbocycles. The summed E-state index contributed by atoms with van der Waals surface area (Å²) in [6.07, 6.45) is 1.53. The number of nitrogens with zero attached hydrogens (tertiary/aromatic N) is 1. The first-order valence-electron chi connectivity index (χ1n) is 10.6. The number of carbonyl (C=O) groups is 2. The van der Waals surface area contributed by atoms with Crippen LogP contribution in [0, 0.1) is 0 Å². The average molecular weight is 499 g/mol. The van der Waals surface area contributed by atoms with Crippen molar-refractivity contribution in [3.05, 3.63) is 107 Å². The molecule has 1 N–H and O–H groups in total. The topological polar surface area (TPSA) is 67.9 Å². The van der Waals surface area contributed by atoms with Crippen LogP contribution >= 0.6 is 23.6 Å². The van der Waals surface area contributed by atoms with Gasteiger partial charge in [-0.3, -0.25) is 19.8 Å². The normalized spacial score (nSPS) is 14.7. The Morgan fingerprint density at radius 1 is 0.771 bits per heavy atom. The minimum Gasteiger partial charge on any atom is -0.457 e. The lowest BCUT2D eigenvalue weighted by molar-refractivity contribution is -0.122. The highest BCUT2D eigenvalue weighted by Crippen LogP contribution is 2.33. The molecule has 0 radical (unpaired) electrons.